The molecule has 1 nitrogen and oxygen atoms in total. The second-order valence-corrected chi connectivity index (χ2v) is 1.40. The monoisotopic (exact) mass is 154 g/mol. The summed E-state index contributed by atoms with van der Waals surface area (Å²) in [6.07, 6.45) is 0.152. The van der Waals surface area contributed by atoms with Gasteiger partial charge < -0.3 is 0 Å². The standard InChI is InChI=1S/C5H2F4O/c1-2-3(10)5(8,9)4(6)7/h1,4H. The summed E-state index contributed by atoms with van der Waals surface area (Å²) >= 11 is 0. The van der Waals surface area contributed by atoms with Crippen LogP contribution in [0.3, 0.4) is 0 Å². The fourth-order valence-corrected chi connectivity index (χ4v) is 0.195. The van der Waals surface area contributed by atoms with Crippen LogP contribution < -0.4 is 0 Å². The molecule has 0 aliphatic rings. The largest absolute Gasteiger partial charge is 0.376 e. The summed E-state index contributed by atoms with van der Waals surface area (Å²) in [5.41, 5.74) is 0. The molecule has 0 fully saturated rings. The van der Waals surface area contributed by atoms with Crippen molar-refractivity contribution in [3.63, 3.8) is 0 Å². The first-order chi connectivity index (χ1) is 4.42. The van der Waals surface area contributed by atoms with Crippen molar-refractivity contribution in [1.82, 2.24) is 0 Å². The number of rotatable bonds is 2. The van der Waals surface area contributed by atoms with Crippen LogP contribution in [0.25, 0.3) is 0 Å². The highest BCUT2D eigenvalue weighted by Gasteiger charge is 2.47. The van der Waals surface area contributed by atoms with E-state index in [-0.39, 0.29) is 0 Å². The van der Waals surface area contributed by atoms with Gasteiger partial charge in [-0.05, 0) is 5.92 Å². The Morgan fingerprint density at radius 1 is 1.50 bits per heavy atom. The molecule has 0 rings (SSSR count). The molecule has 56 valence electrons. The molecule has 0 atom stereocenters. The predicted octanol–water partition coefficient (Wildman–Crippen LogP) is 1.09. The van der Waals surface area contributed by atoms with Gasteiger partial charge in [0.2, 0.25) is 0 Å². The lowest BCUT2D eigenvalue weighted by Crippen LogP contribution is -2.35. The summed E-state index contributed by atoms with van der Waals surface area (Å²) < 4.78 is 45.8. The van der Waals surface area contributed by atoms with Gasteiger partial charge in [-0.3, -0.25) is 4.79 Å². The Kier molecular flexibility index (Phi) is 2.41. The van der Waals surface area contributed by atoms with E-state index in [0.29, 0.717) is 0 Å². The van der Waals surface area contributed by atoms with Crippen molar-refractivity contribution in [2.75, 3.05) is 0 Å². The smallest absolute Gasteiger partial charge is 0.278 e. The molecule has 0 radical (unpaired) electrons. The van der Waals surface area contributed by atoms with E-state index in [4.69, 9.17) is 0 Å². The van der Waals surface area contributed by atoms with Gasteiger partial charge in [-0.1, -0.05) is 0 Å². The minimum atomic E-state index is -4.70. The number of ketones is 1. The van der Waals surface area contributed by atoms with Crippen LogP contribution in [-0.4, -0.2) is 18.1 Å². The zero-order valence-electron chi connectivity index (χ0n) is 4.57. The number of terminal acetylenes is 1. The molecule has 0 unspecified atom stereocenters. The minimum absolute atomic E-state index is 0.918. The zero-order valence-corrected chi connectivity index (χ0v) is 4.57. The molecule has 0 aliphatic heterocycles. The topological polar surface area (TPSA) is 17.1 Å². The number of Topliss-reactive ketones (excluding diaryl/α,β-unsaturated/α-hetero) is 1. The van der Waals surface area contributed by atoms with Crippen LogP contribution >= 0.6 is 0 Å². The maximum atomic E-state index is 11.7. The van der Waals surface area contributed by atoms with Gasteiger partial charge >= 0.3 is 12.3 Å². The summed E-state index contributed by atoms with van der Waals surface area (Å²) in [6, 6.07) is 0. The Morgan fingerprint density at radius 2 is 1.90 bits per heavy atom. The third kappa shape index (κ3) is 1.47. The Morgan fingerprint density at radius 3 is 2.00 bits per heavy atom. The molecule has 0 amide bonds. The van der Waals surface area contributed by atoms with E-state index in [2.05, 4.69) is 6.42 Å². The summed E-state index contributed by atoms with van der Waals surface area (Å²) in [7, 11) is 0. The van der Waals surface area contributed by atoms with Crippen molar-refractivity contribution in [2.45, 2.75) is 12.3 Å². The van der Waals surface area contributed by atoms with E-state index in [9.17, 15) is 22.4 Å². The van der Waals surface area contributed by atoms with Crippen molar-refractivity contribution >= 4 is 5.78 Å². The fourth-order valence-electron chi connectivity index (χ4n) is 0.195. The molecule has 0 aliphatic carbocycles. The third-order valence-electron chi connectivity index (χ3n) is 0.708. The van der Waals surface area contributed by atoms with E-state index in [0.717, 1.165) is 5.92 Å². The molecule has 10 heavy (non-hydrogen) atoms. The van der Waals surface area contributed by atoms with Crippen LogP contribution in [0.4, 0.5) is 17.6 Å². The van der Waals surface area contributed by atoms with Crippen molar-refractivity contribution in [3.05, 3.63) is 0 Å². The Labute approximate surface area is 54.0 Å². The first-order valence-electron chi connectivity index (χ1n) is 2.10. The zero-order chi connectivity index (χ0) is 8.36. The van der Waals surface area contributed by atoms with Crippen LogP contribution in [0, 0.1) is 12.3 Å². The van der Waals surface area contributed by atoms with Crippen molar-refractivity contribution in [1.29, 1.82) is 0 Å². The minimum Gasteiger partial charge on any atom is -0.278 e. The van der Waals surface area contributed by atoms with Gasteiger partial charge in [-0.15, -0.1) is 6.42 Å². The highest BCUT2D eigenvalue weighted by molar-refractivity contribution is 6.00. The fraction of sp³-hybridized carbons (Fsp3) is 0.400. The van der Waals surface area contributed by atoms with Gasteiger partial charge in [0.25, 0.3) is 5.78 Å². The number of hydrogen-bond donors (Lipinski definition) is 0. The van der Waals surface area contributed by atoms with E-state index < -0.39 is 18.1 Å². The molecule has 0 saturated carbocycles. The lowest BCUT2D eigenvalue weighted by molar-refractivity contribution is -0.160. The lowest BCUT2D eigenvalue weighted by Gasteiger charge is -2.08. The molecule has 0 bridgehead atoms. The van der Waals surface area contributed by atoms with Gasteiger partial charge in [-0.2, -0.15) is 8.78 Å². The molecule has 0 saturated heterocycles. The third-order valence-corrected chi connectivity index (χ3v) is 0.708. The summed E-state index contributed by atoms with van der Waals surface area (Å²) in [4.78, 5) is 9.81. The van der Waals surface area contributed by atoms with Crippen molar-refractivity contribution < 1.29 is 22.4 Å². The van der Waals surface area contributed by atoms with Gasteiger partial charge in [0.1, 0.15) is 0 Å². The molecule has 0 spiro atoms. The van der Waals surface area contributed by atoms with Gasteiger partial charge in [0.05, 0.1) is 0 Å². The van der Waals surface area contributed by atoms with E-state index in [1.807, 2.05) is 0 Å². The maximum Gasteiger partial charge on any atom is 0.376 e. The van der Waals surface area contributed by atoms with E-state index >= 15 is 0 Å². The highest BCUT2D eigenvalue weighted by Crippen LogP contribution is 2.22. The summed E-state index contributed by atoms with van der Waals surface area (Å²) in [5, 5.41) is 0. The number of halogens is 4. The normalized spacial score (nSPS) is 11.2. The van der Waals surface area contributed by atoms with Crippen molar-refractivity contribution in [2.24, 2.45) is 0 Å². The SMILES string of the molecule is C#CC(=O)C(F)(F)C(F)F. The Hall–Kier alpha value is -1.05. The van der Waals surface area contributed by atoms with Crippen LogP contribution in [0.5, 0.6) is 0 Å². The van der Waals surface area contributed by atoms with Crippen LogP contribution in [0.2, 0.25) is 0 Å². The second-order valence-electron chi connectivity index (χ2n) is 1.40. The van der Waals surface area contributed by atoms with Gasteiger partial charge in [0, 0.05) is 0 Å². The molecule has 0 N–H and O–H groups in total. The number of carbonyl (C=O) groups is 1. The molecule has 0 heterocycles. The number of hydrogen-bond acceptors (Lipinski definition) is 1. The number of carbonyl (C=O) groups excluding carboxylic acids is 1. The van der Waals surface area contributed by atoms with Gasteiger partial charge in [0.15, 0.2) is 0 Å². The Bertz CT molecular complexity index is 179. The predicted molar refractivity (Wildman–Crippen MR) is 24.8 cm³/mol. The van der Waals surface area contributed by atoms with Crippen molar-refractivity contribution in [3.8, 4) is 12.3 Å². The summed E-state index contributed by atoms with van der Waals surface area (Å²) in [5.74, 6) is -5.97. The van der Waals surface area contributed by atoms with Crippen LogP contribution in [-0.2, 0) is 4.79 Å². The van der Waals surface area contributed by atoms with Crippen LogP contribution in [0.1, 0.15) is 0 Å². The average Bonchev–Trinajstić information content (AvgIpc) is 1.86. The quantitative estimate of drug-likeness (QED) is 0.330. The average molecular weight is 154 g/mol. The molecule has 5 heteroatoms. The molecule has 0 aromatic heterocycles. The first kappa shape index (κ1) is 8.95. The second kappa shape index (κ2) is 2.69. The molecule has 0 aromatic rings. The molecular formula is C5H2F4O. The molecular weight excluding hydrogens is 152 g/mol. The van der Waals surface area contributed by atoms with E-state index in [1.165, 1.54) is 0 Å². The molecule has 0 aromatic carbocycles. The lowest BCUT2D eigenvalue weighted by atomic mass is 10.2. The first-order valence-corrected chi connectivity index (χ1v) is 2.10. The van der Waals surface area contributed by atoms with Gasteiger partial charge in [-0.25, -0.2) is 8.78 Å². The van der Waals surface area contributed by atoms with E-state index in [1.54, 1.807) is 0 Å². The maximum absolute atomic E-state index is 11.7. The van der Waals surface area contributed by atoms with Crippen LogP contribution in [0.15, 0.2) is 0 Å². The number of alkyl halides is 4. The summed E-state index contributed by atoms with van der Waals surface area (Å²) in [6.45, 7) is 0. The Balaban J connectivity index is 4.44. The highest BCUT2D eigenvalue weighted by atomic mass is 19.3.